The normalized spacial score (nSPS) is 23.0. The minimum Gasteiger partial charge on any atom is -0.334 e. The molecule has 0 unspecified atom stereocenters. The second-order valence-electron chi connectivity index (χ2n) is 4.50. The summed E-state index contributed by atoms with van der Waals surface area (Å²) in [5.41, 5.74) is 0. The van der Waals surface area contributed by atoms with Crippen LogP contribution >= 0.6 is 11.8 Å². The summed E-state index contributed by atoms with van der Waals surface area (Å²) in [4.78, 5) is 11.8. The summed E-state index contributed by atoms with van der Waals surface area (Å²) in [5, 5.41) is 10.5. The third-order valence-corrected chi connectivity index (χ3v) is 4.43. The first kappa shape index (κ1) is 13.3. The Morgan fingerprint density at radius 2 is 2.44 bits per heavy atom. The lowest BCUT2D eigenvalue weighted by Crippen LogP contribution is -2.41. The average molecular weight is 268 g/mol. The predicted molar refractivity (Wildman–Crippen MR) is 74.9 cm³/mol. The van der Waals surface area contributed by atoms with E-state index in [0.717, 1.165) is 12.2 Å². The van der Waals surface area contributed by atoms with Crippen LogP contribution in [0.2, 0.25) is 0 Å². The lowest BCUT2D eigenvalue weighted by molar-refractivity contribution is 0.248. The molecule has 1 aliphatic rings. The van der Waals surface area contributed by atoms with E-state index in [4.69, 9.17) is 0 Å². The monoisotopic (exact) mass is 268 g/mol. The van der Waals surface area contributed by atoms with E-state index in [1.807, 2.05) is 18.8 Å². The number of carbonyl (C=O) groups excluding carboxylic acids is 1. The van der Waals surface area contributed by atoms with E-state index in [2.05, 4.69) is 22.7 Å². The number of aryl methyl sites for hydroxylation is 1. The van der Waals surface area contributed by atoms with Crippen molar-refractivity contribution in [2.75, 3.05) is 11.1 Å². The molecule has 1 fully saturated rings. The lowest BCUT2D eigenvalue weighted by Gasteiger charge is -2.19. The second-order valence-corrected chi connectivity index (χ2v) is 6.02. The molecule has 1 aromatic rings. The van der Waals surface area contributed by atoms with Crippen molar-refractivity contribution in [2.45, 2.75) is 37.5 Å². The minimum atomic E-state index is -0.151. The number of nitrogens with zero attached hydrogens (tertiary/aromatic N) is 2. The maximum Gasteiger partial charge on any atom is 0.320 e. The van der Waals surface area contributed by atoms with Gasteiger partial charge in [0.15, 0.2) is 5.82 Å². The highest BCUT2D eigenvalue weighted by Crippen LogP contribution is 2.29. The molecule has 0 aromatic carbocycles. The first-order chi connectivity index (χ1) is 8.69. The van der Waals surface area contributed by atoms with Gasteiger partial charge in [-0.2, -0.15) is 16.9 Å². The fraction of sp³-hybridized carbons (Fsp3) is 0.667. The summed E-state index contributed by atoms with van der Waals surface area (Å²) in [5.74, 6) is 1.69. The van der Waals surface area contributed by atoms with Crippen molar-refractivity contribution in [1.29, 1.82) is 0 Å². The van der Waals surface area contributed by atoms with Crippen molar-refractivity contribution in [3.63, 3.8) is 0 Å². The maximum atomic E-state index is 11.8. The van der Waals surface area contributed by atoms with Gasteiger partial charge >= 0.3 is 6.03 Å². The average Bonchev–Trinajstić information content (AvgIpc) is 2.90. The Bertz CT molecular complexity index is 407. The highest BCUT2D eigenvalue weighted by atomic mass is 32.2. The number of thioether (sulfide) groups is 1. The van der Waals surface area contributed by atoms with E-state index in [0.29, 0.717) is 17.1 Å². The van der Waals surface area contributed by atoms with Gasteiger partial charge in [-0.3, -0.25) is 10.00 Å². The molecular formula is C12H20N4OS. The van der Waals surface area contributed by atoms with Gasteiger partial charge in [0.05, 0.1) is 0 Å². The van der Waals surface area contributed by atoms with Crippen molar-refractivity contribution in [3.05, 3.63) is 12.3 Å². The van der Waals surface area contributed by atoms with Crippen LogP contribution in [0.4, 0.5) is 10.6 Å². The Morgan fingerprint density at radius 3 is 3.11 bits per heavy atom. The van der Waals surface area contributed by atoms with Crippen molar-refractivity contribution in [3.8, 4) is 0 Å². The molecule has 18 heavy (non-hydrogen) atoms. The van der Waals surface area contributed by atoms with Crippen LogP contribution in [0, 0.1) is 0 Å². The quantitative estimate of drug-likeness (QED) is 0.880. The third kappa shape index (κ3) is 3.41. The largest absolute Gasteiger partial charge is 0.334 e. The Balaban J connectivity index is 1.83. The van der Waals surface area contributed by atoms with Gasteiger partial charge < -0.3 is 5.32 Å². The van der Waals surface area contributed by atoms with E-state index in [1.165, 1.54) is 12.8 Å². The van der Waals surface area contributed by atoms with Crippen LogP contribution in [0.1, 0.15) is 26.2 Å². The molecule has 2 atom stereocenters. The molecule has 2 N–H and O–H groups in total. The second kappa shape index (κ2) is 6.13. The molecule has 0 aliphatic heterocycles. The molecular weight excluding hydrogens is 248 g/mol. The van der Waals surface area contributed by atoms with Crippen LogP contribution in [0.3, 0.4) is 0 Å². The molecule has 1 aromatic heterocycles. The number of amides is 2. The van der Waals surface area contributed by atoms with Crippen LogP contribution in [0.25, 0.3) is 0 Å². The van der Waals surface area contributed by atoms with Gasteiger partial charge in [0.1, 0.15) is 0 Å². The highest BCUT2D eigenvalue weighted by molar-refractivity contribution is 7.99. The number of urea groups is 1. The van der Waals surface area contributed by atoms with Gasteiger partial charge in [-0.15, -0.1) is 0 Å². The van der Waals surface area contributed by atoms with Gasteiger partial charge in [0.2, 0.25) is 0 Å². The van der Waals surface area contributed by atoms with Crippen LogP contribution in [-0.2, 0) is 7.05 Å². The predicted octanol–water partition coefficient (Wildman–Crippen LogP) is 2.22. The smallest absolute Gasteiger partial charge is 0.320 e. The number of anilines is 1. The number of carbonyl (C=O) groups is 1. The Morgan fingerprint density at radius 1 is 1.61 bits per heavy atom. The van der Waals surface area contributed by atoms with E-state index in [9.17, 15) is 4.79 Å². The molecule has 100 valence electrons. The zero-order valence-electron chi connectivity index (χ0n) is 10.8. The highest BCUT2D eigenvalue weighted by Gasteiger charge is 2.28. The van der Waals surface area contributed by atoms with Gasteiger partial charge in [0, 0.05) is 30.6 Å². The van der Waals surface area contributed by atoms with Gasteiger partial charge in [-0.05, 0) is 18.6 Å². The third-order valence-electron chi connectivity index (χ3n) is 3.11. The van der Waals surface area contributed by atoms with E-state index in [-0.39, 0.29) is 6.03 Å². The topological polar surface area (TPSA) is 59.0 Å². The van der Waals surface area contributed by atoms with Gasteiger partial charge in [-0.25, -0.2) is 4.79 Å². The zero-order chi connectivity index (χ0) is 13.0. The minimum absolute atomic E-state index is 0.151. The molecule has 0 radical (unpaired) electrons. The number of hydrogen-bond acceptors (Lipinski definition) is 3. The first-order valence-corrected chi connectivity index (χ1v) is 7.42. The van der Waals surface area contributed by atoms with Crippen molar-refractivity contribution >= 4 is 23.6 Å². The molecule has 2 rings (SSSR count). The van der Waals surface area contributed by atoms with Crippen molar-refractivity contribution in [2.24, 2.45) is 7.05 Å². The van der Waals surface area contributed by atoms with Crippen LogP contribution in [-0.4, -0.2) is 32.9 Å². The Kier molecular flexibility index (Phi) is 4.52. The fourth-order valence-electron chi connectivity index (χ4n) is 2.31. The van der Waals surface area contributed by atoms with E-state index in [1.54, 1.807) is 16.9 Å². The molecule has 0 saturated heterocycles. The van der Waals surface area contributed by atoms with Crippen LogP contribution in [0.5, 0.6) is 0 Å². The summed E-state index contributed by atoms with van der Waals surface area (Å²) >= 11 is 1.94. The van der Waals surface area contributed by atoms with Gasteiger partial charge in [-0.1, -0.05) is 13.3 Å². The summed E-state index contributed by atoms with van der Waals surface area (Å²) < 4.78 is 1.67. The first-order valence-electron chi connectivity index (χ1n) is 6.38. The summed E-state index contributed by atoms with van der Waals surface area (Å²) in [6.45, 7) is 2.16. The Hall–Kier alpha value is -1.17. The van der Waals surface area contributed by atoms with Crippen LogP contribution in [0.15, 0.2) is 12.3 Å². The molecule has 6 heteroatoms. The molecule has 1 aliphatic carbocycles. The summed E-state index contributed by atoms with van der Waals surface area (Å²) in [6.07, 6.45) is 5.29. The molecule has 0 spiro atoms. The van der Waals surface area contributed by atoms with Crippen molar-refractivity contribution in [1.82, 2.24) is 15.1 Å². The Labute approximate surface area is 112 Å². The number of aromatic nitrogens is 2. The standard InChI is InChI=1S/C12H20N4OS/c1-3-18-10-6-4-5-9(10)13-12(17)14-11-7-8-16(2)15-11/h7-10H,3-6H2,1-2H3,(H2,13,14,15,17)/t9-,10+/m0/s1. The van der Waals surface area contributed by atoms with Gasteiger partial charge in [0.25, 0.3) is 0 Å². The number of hydrogen-bond donors (Lipinski definition) is 2. The molecule has 0 bridgehead atoms. The number of nitrogens with one attached hydrogen (secondary N) is 2. The zero-order valence-corrected chi connectivity index (χ0v) is 11.7. The molecule has 5 nitrogen and oxygen atoms in total. The van der Waals surface area contributed by atoms with E-state index < -0.39 is 0 Å². The number of rotatable bonds is 4. The van der Waals surface area contributed by atoms with Crippen LogP contribution < -0.4 is 10.6 Å². The summed E-state index contributed by atoms with van der Waals surface area (Å²) in [7, 11) is 1.83. The molecule has 1 heterocycles. The summed E-state index contributed by atoms with van der Waals surface area (Å²) in [6, 6.07) is 1.92. The maximum absolute atomic E-state index is 11.8. The lowest BCUT2D eigenvalue weighted by atomic mass is 10.2. The fourth-order valence-corrected chi connectivity index (χ4v) is 3.51. The molecule has 1 saturated carbocycles. The molecule has 2 amide bonds. The SMILES string of the molecule is CCS[C@@H]1CCC[C@@H]1NC(=O)Nc1ccn(C)n1. The van der Waals surface area contributed by atoms with Crippen molar-refractivity contribution < 1.29 is 4.79 Å². The van der Waals surface area contributed by atoms with E-state index >= 15 is 0 Å².